The second-order valence-corrected chi connectivity index (χ2v) is 7.04. The Hall–Kier alpha value is -3.15. The minimum atomic E-state index is -0.418. The van der Waals surface area contributed by atoms with Crippen LogP contribution in [0.15, 0.2) is 42.5 Å². The second-order valence-electron chi connectivity index (χ2n) is 7.04. The van der Waals surface area contributed by atoms with Crippen molar-refractivity contribution in [3.05, 3.63) is 59.2 Å². The number of amides is 2. The zero-order valence-electron chi connectivity index (χ0n) is 16.3. The molecule has 1 aliphatic rings. The van der Waals surface area contributed by atoms with Crippen molar-refractivity contribution in [2.24, 2.45) is 5.92 Å². The van der Waals surface area contributed by atoms with Crippen LogP contribution in [0.4, 0.5) is 11.4 Å². The Morgan fingerprint density at radius 3 is 2.36 bits per heavy atom. The van der Waals surface area contributed by atoms with Gasteiger partial charge < -0.3 is 15.0 Å². The molecule has 0 aromatic heterocycles. The smallest absolute Gasteiger partial charge is 0.338 e. The lowest BCUT2D eigenvalue weighted by Crippen LogP contribution is -2.28. The SMILES string of the molecule is CCOC(=O)c1ccc(NC(=O)[C@@H]2CC(=O)N(c3cc(C)cc(C)c3)C2)cc1. The predicted molar refractivity (Wildman–Crippen MR) is 107 cm³/mol. The van der Waals surface area contributed by atoms with Crippen molar-refractivity contribution >= 4 is 29.2 Å². The summed E-state index contributed by atoms with van der Waals surface area (Å²) in [6, 6.07) is 12.5. The Kier molecular flexibility index (Phi) is 5.78. The molecule has 28 heavy (non-hydrogen) atoms. The van der Waals surface area contributed by atoms with Crippen molar-refractivity contribution in [1.82, 2.24) is 0 Å². The molecular weight excluding hydrogens is 356 g/mol. The minimum Gasteiger partial charge on any atom is -0.462 e. The summed E-state index contributed by atoms with van der Waals surface area (Å²) in [5.41, 5.74) is 4.00. The van der Waals surface area contributed by atoms with Gasteiger partial charge in [0.15, 0.2) is 0 Å². The molecule has 1 fully saturated rings. The summed E-state index contributed by atoms with van der Waals surface area (Å²) in [6.07, 6.45) is 0.180. The zero-order chi connectivity index (χ0) is 20.3. The Labute approximate surface area is 164 Å². The molecule has 146 valence electrons. The van der Waals surface area contributed by atoms with E-state index in [0.29, 0.717) is 24.4 Å². The fourth-order valence-corrected chi connectivity index (χ4v) is 3.39. The first-order valence-electron chi connectivity index (χ1n) is 9.34. The lowest BCUT2D eigenvalue weighted by Gasteiger charge is -2.18. The predicted octanol–water partition coefficient (Wildman–Crippen LogP) is 3.47. The molecule has 2 amide bonds. The first-order valence-corrected chi connectivity index (χ1v) is 9.34. The third-order valence-electron chi connectivity index (χ3n) is 4.68. The number of hydrogen-bond acceptors (Lipinski definition) is 4. The van der Waals surface area contributed by atoms with E-state index < -0.39 is 11.9 Å². The minimum absolute atomic E-state index is 0.0530. The third kappa shape index (κ3) is 4.39. The first-order chi connectivity index (χ1) is 13.4. The number of carbonyl (C=O) groups is 3. The zero-order valence-corrected chi connectivity index (χ0v) is 16.3. The molecule has 0 unspecified atom stereocenters. The van der Waals surface area contributed by atoms with Crippen molar-refractivity contribution in [3.63, 3.8) is 0 Å². The summed E-state index contributed by atoms with van der Waals surface area (Å²) in [4.78, 5) is 38.4. The molecule has 0 aliphatic carbocycles. The normalized spacial score (nSPS) is 16.2. The van der Waals surface area contributed by atoms with Crippen molar-refractivity contribution in [2.75, 3.05) is 23.4 Å². The number of hydrogen-bond donors (Lipinski definition) is 1. The van der Waals surface area contributed by atoms with Crippen LogP contribution in [0.1, 0.15) is 34.8 Å². The van der Waals surface area contributed by atoms with Gasteiger partial charge in [0.25, 0.3) is 0 Å². The summed E-state index contributed by atoms with van der Waals surface area (Å²) in [7, 11) is 0. The summed E-state index contributed by atoms with van der Waals surface area (Å²) >= 11 is 0. The first kappa shape index (κ1) is 19.6. The number of nitrogens with one attached hydrogen (secondary N) is 1. The van der Waals surface area contributed by atoms with Gasteiger partial charge in [-0.25, -0.2) is 4.79 Å². The maximum Gasteiger partial charge on any atom is 0.338 e. The second kappa shape index (κ2) is 8.25. The fraction of sp³-hybridized carbons (Fsp3) is 0.318. The van der Waals surface area contributed by atoms with Crippen LogP contribution in [0.25, 0.3) is 0 Å². The maximum absolute atomic E-state index is 12.6. The number of ether oxygens (including phenoxy) is 1. The van der Waals surface area contributed by atoms with Crippen LogP contribution in [0.5, 0.6) is 0 Å². The van der Waals surface area contributed by atoms with Gasteiger partial charge in [0, 0.05) is 24.3 Å². The van der Waals surface area contributed by atoms with Crippen LogP contribution >= 0.6 is 0 Å². The van der Waals surface area contributed by atoms with Gasteiger partial charge in [0.1, 0.15) is 0 Å². The maximum atomic E-state index is 12.6. The number of rotatable bonds is 5. The van der Waals surface area contributed by atoms with Gasteiger partial charge in [0.05, 0.1) is 18.1 Å². The lowest BCUT2D eigenvalue weighted by atomic mass is 10.1. The molecule has 1 heterocycles. The van der Waals surface area contributed by atoms with Crippen molar-refractivity contribution in [2.45, 2.75) is 27.2 Å². The molecule has 0 spiro atoms. The number of aryl methyl sites for hydroxylation is 2. The van der Waals surface area contributed by atoms with Crippen molar-refractivity contribution in [1.29, 1.82) is 0 Å². The highest BCUT2D eigenvalue weighted by Crippen LogP contribution is 2.27. The standard InChI is InChI=1S/C22H24N2O4/c1-4-28-22(27)16-5-7-18(8-6-16)23-21(26)17-12-20(25)24(13-17)19-10-14(2)9-15(3)11-19/h5-11,17H,4,12-13H2,1-3H3,(H,23,26)/t17-/m1/s1. The lowest BCUT2D eigenvalue weighted by molar-refractivity contribution is -0.122. The highest BCUT2D eigenvalue weighted by atomic mass is 16.5. The van der Waals surface area contributed by atoms with Gasteiger partial charge >= 0.3 is 5.97 Å². The number of anilines is 2. The molecule has 6 nitrogen and oxygen atoms in total. The van der Waals surface area contributed by atoms with E-state index in [1.807, 2.05) is 32.0 Å². The van der Waals surface area contributed by atoms with Gasteiger partial charge in [0.2, 0.25) is 11.8 Å². The summed E-state index contributed by atoms with van der Waals surface area (Å²) < 4.78 is 4.94. The molecule has 1 saturated heterocycles. The van der Waals surface area contributed by atoms with E-state index in [0.717, 1.165) is 16.8 Å². The Balaban J connectivity index is 1.65. The average molecular weight is 380 g/mol. The molecule has 0 saturated carbocycles. The van der Waals surface area contributed by atoms with E-state index in [2.05, 4.69) is 5.32 Å². The highest BCUT2D eigenvalue weighted by Gasteiger charge is 2.35. The molecule has 1 aliphatic heterocycles. The van der Waals surface area contributed by atoms with E-state index in [1.54, 1.807) is 36.1 Å². The Morgan fingerprint density at radius 2 is 1.75 bits per heavy atom. The molecule has 0 bridgehead atoms. The molecule has 3 rings (SSSR count). The topological polar surface area (TPSA) is 75.7 Å². The van der Waals surface area contributed by atoms with Crippen LogP contribution in [0.3, 0.4) is 0 Å². The van der Waals surface area contributed by atoms with Gasteiger partial charge in [-0.05, 0) is 68.3 Å². The third-order valence-corrected chi connectivity index (χ3v) is 4.68. The van der Waals surface area contributed by atoms with Crippen LogP contribution in [0, 0.1) is 19.8 Å². The summed E-state index contributed by atoms with van der Waals surface area (Å²) in [5, 5.41) is 2.83. The molecule has 2 aromatic rings. The molecule has 2 aromatic carbocycles. The van der Waals surface area contributed by atoms with Crippen LogP contribution in [-0.4, -0.2) is 30.9 Å². The van der Waals surface area contributed by atoms with Gasteiger partial charge in [-0.2, -0.15) is 0 Å². The van der Waals surface area contributed by atoms with Gasteiger partial charge in [-0.1, -0.05) is 6.07 Å². The van der Waals surface area contributed by atoms with Crippen molar-refractivity contribution < 1.29 is 19.1 Å². The van der Waals surface area contributed by atoms with Gasteiger partial charge in [-0.15, -0.1) is 0 Å². The Bertz CT molecular complexity index is 885. The van der Waals surface area contributed by atoms with E-state index in [4.69, 9.17) is 4.74 Å². The monoisotopic (exact) mass is 380 g/mol. The summed E-state index contributed by atoms with van der Waals surface area (Å²) in [5.74, 6) is -1.07. The fourth-order valence-electron chi connectivity index (χ4n) is 3.39. The quantitative estimate of drug-likeness (QED) is 0.806. The van der Waals surface area contributed by atoms with Crippen molar-refractivity contribution in [3.8, 4) is 0 Å². The highest BCUT2D eigenvalue weighted by molar-refractivity contribution is 6.03. The van der Waals surface area contributed by atoms with Crippen LogP contribution in [0.2, 0.25) is 0 Å². The largest absolute Gasteiger partial charge is 0.462 e. The molecular formula is C22H24N2O4. The molecule has 0 radical (unpaired) electrons. The number of benzene rings is 2. The van der Waals surface area contributed by atoms with E-state index in [1.165, 1.54) is 0 Å². The number of esters is 1. The Morgan fingerprint density at radius 1 is 1.11 bits per heavy atom. The summed E-state index contributed by atoms with van der Waals surface area (Å²) in [6.45, 7) is 6.39. The van der Waals surface area contributed by atoms with E-state index in [9.17, 15) is 14.4 Å². The average Bonchev–Trinajstić information content (AvgIpc) is 3.04. The van der Waals surface area contributed by atoms with E-state index >= 15 is 0 Å². The molecule has 1 atom stereocenters. The van der Waals surface area contributed by atoms with Gasteiger partial charge in [-0.3, -0.25) is 9.59 Å². The van der Waals surface area contributed by atoms with E-state index in [-0.39, 0.29) is 18.2 Å². The van der Waals surface area contributed by atoms with Crippen LogP contribution < -0.4 is 10.2 Å². The molecule has 6 heteroatoms. The number of carbonyl (C=O) groups excluding carboxylic acids is 3. The molecule has 1 N–H and O–H groups in total. The number of nitrogens with zero attached hydrogens (tertiary/aromatic N) is 1. The van der Waals surface area contributed by atoms with Crippen LogP contribution in [-0.2, 0) is 14.3 Å².